The smallest absolute Gasteiger partial charge is 0.269 e. The van der Waals surface area contributed by atoms with E-state index >= 15 is 0 Å². The van der Waals surface area contributed by atoms with Gasteiger partial charge in [-0.2, -0.15) is 0 Å². The van der Waals surface area contributed by atoms with Crippen molar-refractivity contribution in [2.75, 3.05) is 18.0 Å². The molecule has 0 fully saturated rings. The maximum absolute atomic E-state index is 12.4. The summed E-state index contributed by atoms with van der Waals surface area (Å²) < 4.78 is 0. The predicted octanol–water partition coefficient (Wildman–Crippen LogP) is 2.56. The lowest BCUT2D eigenvalue weighted by Gasteiger charge is -2.29. The second-order valence-electron chi connectivity index (χ2n) is 6.78. The number of nitro benzene ring substituents is 1. The quantitative estimate of drug-likeness (QED) is 0.451. The number of carbonyl (C=O) groups excluding carboxylic acids is 3. The maximum Gasteiger partial charge on any atom is 0.269 e. The van der Waals surface area contributed by atoms with E-state index < -0.39 is 4.92 Å². The fourth-order valence-corrected chi connectivity index (χ4v) is 3.73. The molecular formula is C20H17N3O5. The van der Waals surface area contributed by atoms with Gasteiger partial charge in [-0.15, -0.1) is 0 Å². The SMILES string of the molecule is O=C1c2ccccc2C(=O)N1CCCN1C(=O)CCc2cc([N+](=O)[O-])ccc21. The number of non-ortho nitro benzene ring substituents is 1. The molecule has 0 aromatic heterocycles. The van der Waals surface area contributed by atoms with E-state index in [1.165, 1.54) is 17.0 Å². The summed E-state index contributed by atoms with van der Waals surface area (Å²) in [5.41, 5.74) is 2.22. The number of rotatable bonds is 5. The number of hydrogen-bond acceptors (Lipinski definition) is 5. The molecular weight excluding hydrogens is 362 g/mol. The Morgan fingerprint density at radius 1 is 0.893 bits per heavy atom. The van der Waals surface area contributed by atoms with Gasteiger partial charge >= 0.3 is 0 Å². The first-order valence-corrected chi connectivity index (χ1v) is 9.00. The number of nitrogens with zero attached hydrogens (tertiary/aromatic N) is 3. The lowest BCUT2D eigenvalue weighted by Crippen LogP contribution is -2.38. The molecule has 2 aliphatic rings. The van der Waals surface area contributed by atoms with Crippen molar-refractivity contribution in [3.8, 4) is 0 Å². The van der Waals surface area contributed by atoms with Gasteiger partial charge in [-0.05, 0) is 36.6 Å². The first-order valence-electron chi connectivity index (χ1n) is 9.00. The molecule has 3 amide bonds. The van der Waals surface area contributed by atoms with Crippen LogP contribution >= 0.6 is 0 Å². The topological polar surface area (TPSA) is 101 Å². The Morgan fingerprint density at radius 3 is 2.18 bits per heavy atom. The first kappa shape index (κ1) is 17.8. The molecule has 142 valence electrons. The van der Waals surface area contributed by atoms with Crippen molar-refractivity contribution < 1.29 is 19.3 Å². The van der Waals surface area contributed by atoms with Crippen molar-refractivity contribution in [3.05, 3.63) is 69.3 Å². The number of fused-ring (bicyclic) bond motifs is 2. The molecule has 28 heavy (non-hydrogen) atoms. The van der Waals surface area contributed by atoms with Crippen LogP contribution in [0.4, 0.5) is 11.4 Å². The lowest BCUT2D eigenvalue weighted by molar-refractivity contribution is -0.384. The minimum absolute atomic E-state index is 0.000858. The van der Waals surface area contributed by atoms with Crippen LogP contribution in [0.2, 0.25) is 0 Å². The highest BCUT2D eigenvalue weighted by Gasteiger charge is 2.35. The zero-order valence-corrected chi connectivity index (χ0v) is 15.0. The van der Waals surface area contributed by atoms with E-state index in [9.17, 15) is 24.5 Å². The molecule has 2 heterocycles. The summed E-state index contributed by atoms with van der Waals surface area (Å²) >= 11 is 0. The number of hydrogen-bond donors (Lipinski definition) is 0. The zero-order chi connectivity index (χ0) is 19.8. The van der Waals surface area contributed by atoms with E-state index in [4.69, 9.17) is 0 Å². The van der Waals surface area contributed by atoms with Crippen molar-refractivity contribution >= 4 is 29.1 Å². The maximum atomic E-state index is 12.4. The highest BCUT2D eigenvalue weighted by molar-refractivity contribution is 6.21. The Labute approximate surface area is 160 Å². The van der Waals surface area contributed by atoms with Crippen molar-refractivity contribution in [2.45, 2.75) is 19.3 Å². The van der Waals surface area contributed by atoms with Gasteiger partial charge in [0.05, 0.1) is 16.1 Å². The summed E-state index contributed by atoms with van der Waals surface area (Å²) in [6.07, 6.45) is 1.17. The average Bonchev–Trinajstić information content (AvgIpc) is 2.94. The zero-order valence-electron chi connectivity index (χ0n) is 15.0. The van der Waals surface area contributed by atoms with E-state index in [1.807, 2.05) is 0 Å². The molecule has 8 heteroatoms. The number of amides is 3. The summed E-state index contributed by atoms with van der Waals surface area (Å²) in [5.74, 6) is -0.702. The predicted molar refractivity (Wildman–Crippen MR) is 100 cm³/mol. The molecule has 0 saturated carbocycles. The molecule has 4 rings (SSSR count). The monoisotopic (exact) mass is 379 g/mol. The molecule has 2 aromatic carbocycles. The molecule has 0 N–H and O–H groups in total. The van der Waals surface area contributed by atoms with Crippen LogP contribution in [-0.2, 0) is 11.2 Å². The molecule has 8 nitrogen and oxygen atoms in total. The Balaban J connectivity index is 1.46. The molecule has 0 spiro atoms. The second kappa shape index (κ2) is 6.88. The van der Waals surface area contributed by atoms with Crippen LogP contribution in [0.1, 0.15) is 39.1 Å². The van der Waals surface area contributed by atoms with Gasteiger partial charge in [-0.1, -0.05) is 12.1 Å². The van der Waals surface area contributed by atoms with Crippen molar-refractivity contribution in [1.29, 1.82) is 0 Å². The normalized spacial score (nSPS) is 15.6. The van der Waals surface area contributed by atoms with Gasteiger partial charge in [-0.25, -0.2) is 0 Å². The van der Waals surface area contributed by atoms with Gasteiger partial charge in [0.2, 0.25) is 5.91 Å². The fraction of sp³-hybridized carbons (Fsp3) is 0.250. The number of nitro groups is 1. The third-order valence-electron chi connectivity index (χ3n) is 5.12. The van der Waals surface area contributed by atoms with Gasteiger partial charge in [0, 0.05) is 37.3 Å². The van der Waals surface area contributed by atoms with E-state index in [2.05, 4.69) is 0 Å². The second-order valence-corrected chi connectivity index (χ2v) is 6.78. The number of benzene rings is 2. The van der Waals surface area contributed by atoms with E-state index in [-0.39, 0.29) is 36.4 Å². The summed E-state index contributed by atoms with van der Waals surface area (Å²) in [6, 6.07) is 11.2. The van der Waals surface area contributed by atoms with E-state index in [0.717, 1.165) is 5.56 Å². The molecule has 0 unspecified atom stereocenters. The number of aryl methyl sites for hydroxylation is 1. The Hall–Kier alpha value is -3.55. The largest absolute Gasteiger partial charge is 0.312 e. The van der Waals surface area contributed by atoms with E-state index in [1.54, 1.807) is 35.2 Å². The fourth-order valence-electron chi connectivity index (χ4n) is 3.73. The highest BCUT2D eigenvalue weighted by atomic mass is 16.6. The molecule has 0 aliphatic carbocycles. The van der Waals surface area contributed by atoms with Crippen LogP contribution in [0.5, 0.6) is 0 Å². The molecule has 0 bridgehead atoms. The molecule has 0 radical (unpaired) electrons. The number of imide groups is 1. The van der Waals surface area contributed by atoms with E-state index in [0.29, 0.717) is 36.2 Å². The van der Waals surface area contributed by atoms with Gasteiger partial charge in [0.25, 0.3) is 17.5 Å². The Bertz CT molecular complexity index is 982. The van der Waals surface area contributed by atoms with Crippen LogP contribution in [0.25, 0.3) is 0 Å². The van der Waals surface area contributed by atoms with Gasteiger partial charge in [0.1, 0.15) is 0 Å². The van der Waals surface area contributed by atoms with Gasteiger partial charge < -0.3 is 4.90 Å². The highest BCUT2D eigenvalue weighted by Crippen LogP contribution is 2.31. The first-order chi connectivity index (χ1) is 13.5. The molecule has 0 saturated heterocycles. The Morgan fingerprint density at radius 2 is 1.54 bits per heavy atom. The average molecular weight is 379 g/mol. The van der Waals surface area contributed by atoms with Crippen LogP contribution in [0.15, 0.2) is 42.5 Å². The van der Waals surface area contributed by atoms with Crippen molar-refractivity contribution in [1.82, 2.24) is 4.90 Å². The minimum atomic E-state index is -0.455. The summed E-state index contributed by atoms with van der Waals surface area (Å²) in [7, 11) is 0. The van der Waals surface area contributed by atoms with Crippen LogP contribution < -0.4 is 4.90 Å². The minimum Gasteiger partial charge on any atom is -0.312 e. The number of carbonyl (C=O) groups is 3. The van der Waals surface area contributed by atoms with Crippen molar-refractivity contribution in [2.24, 2.45) is 0 Å². The summed E-state index contributed by atoms with van der Waals surface area (Å²) in [4.78, 5) is 50.5. The van der Waals surface area contributed by atoms with Crippen LogP contribution in [0, 0.1) is 10.1 Å². The third-order valence-corrected chi connectivity index (χ3v) is 5.12. The molecule has 2 aromatic rings. The lowest BCUT2D eigenvalue weighted by atomic mass is 10.00. The summed E-state index contributed by atoms with van der Waals surface area (Å²) in [5, 5.41) is 11.0. The van der Waals surface area contributed by atoms with Crippen molar-refractivity contribution in [3.63, 3.8) is 0 Å². The molecule has 0 atom stereocenters. The standard InChI is InChI=1S/C20H17N3O5/c24-18-9-6-13-12-14(23(27)28)7-8-17(13)21(18)10-3-11-22-19(25)15-4-1-2-5-16(15)20(22)26/h1-2,4-5,7-8,12H,3,6,9-11H2. The third kappa shape index (κ3) is 2.92. The van der Waals surface area contributed by atoms with Gasteiger partial charge in [-0.3, -0.25) is 29.4 Å². The van der Waals surface area contributed by atoms with Crippen LogP contribution in [0.3, 0.4) is 0 Å². The van der Waals surface area contributed by atoms with Crippen LogP contribution in [-0.4, -0.2) is 40.6 Å². The number of anilines is 1. The molecule has 2 aliphatic heterocycles. The Kier molecular flexibility index (Phi) is 4.38. The summed E-state index contributed by atoms with van der Waals surface area (Å²) in [6.45, 7) is 0.537. The van der Waals surface area contributed by atoms with Gasteiger partial charge in [0.15, 0.2) is 0 Å².